The number of unbranched alkanes of at least 4 members (excludes halogenated alkanes) is 1. The van der Waals surface area contributed by atoms with Gasteiger partial charge in [0.2, 0.25) is 11.4 Å². The van der Waals surface area contributed by atoms with Crippen LogP contribution in [-0.2, 0) is 12.0 Å². The van der Waals surface area contributed by atoms with E-state index in [0.717, 1.165) is 37.0 Å². The van der Waals surface area contributed by atoms with Crippen molar-refractivity contribution in [1.82, 2.24) is 0 Å². The molecule has 2 unspecified atom stereocenters. The number of hydrogen-bond donors (Lipinski definition) is 0. The molecule has 268 valence electrons. The van der Waals surface area contributed by atoms with Gasteiger partial charge in [-0.2, -0.15) is 9.13 Å². The summed E-state index contributed by atoms with van der Waals surface area (Å²) in [5.74, 6) is 0.473. The third-order valence-corrected chi connectivity index (χ3v) is 12.6. The predicted octanol–water partition coefficient (Wildman–Crippen LogP) is 12.8. The number of nitrogens with zero attached hydrogens (tertiary/aromatic N) is 2. The van der Waals surface area contributed by atoms with Crippen LogP contribution < -0.4 is 9.13 Å². The number of furan rings is 1. The van der Waals surface area contributed by atoms with E-state index < -0.39 is 0 Å². The summed E-state index contributed by atoms with van der Waals surface area (Å²) in [7, 11) is 0. The number of hydrogen-bond acceptors (Lipinski definition) is 1. The van der Waals surface area contributed by atoms with Gasteiger partial charge < -0.3 is 4.42 Å². The molecule has 0 fully saturated rings. The molecule has 0 saturated carbocycles. The Balaban J connectivity index is 1.30. The van der Waals surface area contributed by atoms with Crippen molar-refractivity contribution in [3.8, 4) is 33.6 Å². The van der Waals surface area contributed by atoms with Crippen LogP contribution in [-0.4, -0.2) is 0 Å². The second-order valence-corrected chi connectivity index (χ2v) is 15.6. The maximum Gasteiger partial charge on any atom is 0.216 e. The van der Waals surface area contributed by atoms with Gasteiger partial charge in [0, 0.05) is 34.5 Å². The van der Waals surface area contributed by atoms with E-state index in [1.165, 1.54) is 85.9 Å². The zero-order chi connectivity index (χ0) is 36.7. The van der Waals surface area contributed by atoms with Gasteiger partial charge >= 0.3 is 0 Å². The predicted molar refractivity (Wildman–Crippen MR) is 220 cm³/mol. The Morgan fingerprint density at radius 3 is 2.30 bits per heavy atom. The molecule has 1 aliphatic heterocycles. The second kappa shape index (κ2) is 14.4. The maximum absolute atomic E-state index is 6.65. The van der Waals surface area contributed by atoms with Gasteiger partial charge in [-0.15, -0.1) is 0 Å². The third-order valence-electron chi connectivity index (χ3n) is 12.6. The standard InChI is InChI=1S/C50H54N2O/c1-7-10-18-35(5)41-32-44-40-22-14-16-23-43(40)50(8-2,9-3)47(52(44)33-42(41)37-19-12-11-13-20-37)28-30-51-29-27-34(4)31-45(51)48-36(6)25-26-39-38-21-15-17-24-46(38)53-49(39)48/h11-17,19-27,29,31-33,35,47H,7-10,18,28,30H2,1-6H3/q+2. The molecular weight excluding hydrogens is 645 g/mol. The lowest BCUT2D eigenvalue weighted by Crippen LogP contribution is -2.57. The highest BCUT2D eigenvalue weighted by Gasteiger charge is 2.51. The molecule has 3 heteroatoms. The maximum atomic E-state index is 6.65. The van der Waals surface area contributed by atoms with Crippen molar-refractivity contribution in [1.29, 1.82) is 0 Å². The molecule has 53 heavy (non-hydrogen) atoms. The number of aromatic nitrogens is 2. The van der Waals surface area contributed by atoms with E-state index in [-0.39, 0.29) is 11.5 Å². The first kappa shape index (κ1) is 35.0. The van der Waals surface area contributed by atoms with Crippen LogP contribution >= 0.6 is 0 Å². The Morgan fingerprint density at radius 2 is 1.51 bits per heavy atom. The zero-order valence-corrected chi connectivity index (χ0v) is 32.5. The lowest BCUT2D eigenvalue weighted by molar-refractivity contribution is -0.743. The monoisotopic (exact) mass is 698 g/mol. The smallest absolute Gasteiger partial charge is 0.216 e. The minimum Gasteiger partial charge on any atom is -0.455 e. The number of para-hydroxylation sites is 1. The summed E-state index contributed by atoms with van der Waals surface area (Å²) in [4.78, 5) is 0. The number of aryl methyl sites for hydroxylation is 3. The molecule has 0 spiro atoms. The Morgan fingerprint density at radius 1 is 0.755 bits per heavy atom. The largest absolute Gasteiger partial charge is 0.455 e. The SMILES string of the molecule is CCCCC(C)c1cc2[n+](cc1-c1ccccc1)C(CC[n+]1ccc(C)cc1-c1c(C)ccc3c1oc1ccccc13)C(CC)(CC)c1ccccc1-2. The lowest BCUT2D eigenvalue weighted by atomic mass is 9.65. The van der Waals surface area contributed by atoms with Gasteiger partial charge in [0.15, 0.2) is 25.0 Å². The first-order chi connectivity index (χ1) is 25.9. The molecular formula is C50H54N2O+2. The number of benzene rings is 4. The van der Waals surface area contributed by atoms with Gasteiger partial charge in [0.25, 0.3) is 0 Å². The van der Waals surface area contributed by atoms with Crippen LogP contribution in [0, 0.1) is 13.8 Å². The lowest BCUT2D eigenvalue weighted by Gasteiger charge is -2.41. The number of pyridine rings is 2. The Bertz CT molecular complexity index is 2420. The van der Waals surface area contributed by atoms with E-state index in [1.54, 1.807) is 0 Å². The summed E-state index contributed by atoms with van der Waals surface area (Å²) in [6.45, 7) is 14.9. The summed E-state index contributed by atoms with van der Waals surface area (Å²) in [5, 5.41) is 2.35. The molecule has 3 aromatic heterocycles. The van der Waals surface area contributed by atoms with Crippen molar-refractivity contribution in [2.75, 3.05) is 0 Å². The van der Waals surface area contributed by atoms with Crippen molar-refractivity contribution < 1.29 is 13.6 Å². The van der Waals surface area contributed by atoms with Crippen LogP contribution in [0.5, 0.6) is 0 Å². The Kier molecular flexibility index (Phi) is 9.53. The molecule has 0 aliphatic carbocycles. The molecule has 7 aromatic rings. The molecule has 2 atom stereocenters. The highest BCUT2D eigenvalue weighted by atomic mass is 16.3. The first-order valence-electron chi connectivity index (χ1n) is 20.0. The molecule has 1 aliphatic rings. The molecule has 0 N–H and O–H groups in total. The minimum absolute atomic E-state index is 0.00233. The Hall–Kier alpha value is -5.02. The third kappa shape index (κ3) is 5.99. The van der Waals surface area contributed by atoms with E-state index in [0.29, 0.717) is 5.92 Å². The topological polar surface area (TPSA) is 20.9 Å². The quantitative estimate of drug-likeness (QED) is 0.123. The first-order valence-corrected chi connectivity index (χ1v) is 20.0. The van der Waals surface area contributed by atoms with Gasteiger partial charge in [-0.25, -0.2) is 0 Å². The fraction of sp³-hybridized carbons (Fsp3) is 0.320. The van der Waals surface area contributed by atoms with Crippen LogP contribution in [0.15, 0.2) is 126 Å². The van der Waals surface area contributed by atoms with Crippen molar-refractivity contribution in [3.05, 3.63) is 144 Å². The summed E-state index contributed by atoms with van der Waals surface area (Å²) in [6, 6.07) is 40.8. The van der Waals surface area contributed by atoms with Gasteiger partial charge in [0.05, 0.1) is 23.0 Å². The van der Waals surface area contributed by atoms with Crippen molar-refractivity contribution in [3.63, 3.8) is 0 Å². The summed E-state index contributed by atoms with van der Waals surface area (Å²) in [5.41, 5.74) is 15.2. The van der Waals surface area contributed by atoms with Gasteiger partial charge in [-0.05, 0) is 79.0 Å². The summed E-state index contributed by atoms with van der Waals surface area (Å²) in [6.07, 6.45) is 11.7. The second-order valence-electron chi connectivity index (χ2n) is 15.6. The van der Waals surface area contributed by atoms with Gasteiger partial charge in [0.1, 0.15) is 11.2 Å². The molecule has 0 amide bonds. The summed E-state index contributed by atoms with van der Waals surface area (Å²) < 4.78 is 11.9. The van der Waals surface area contributed by atoms with Crippen molar-refractivity contribution in [2.24, 2.45) is 0 Å². The van der Waals surface area contributed by atoms with Crippen LogP contribution in [0.25, 0.3) is 55.6 Å². The molecule has 0 radical (unpaired) electrons. The van der Waals surface area contributed by atoms with Gasteiger partial charge in [-0.1, -0.05) is 119 Å². The molecule has 0 saturated heterocycles. The highest BCUT2D eigenvalue weighted by molar-refractivity contribution is 6.09. The molecule has 4 heterocycles. The molecule has 8 rings (SSSR count). The zero-order valence-electron chi connectivity index (χ0n) is 32.5. The summed E-state index contributed by atoms with van der Waals surface area (Å²) >= 11 is 0. The average molecular weight is 699 g/mol. The number of fused-ring (bicyclic) bond motifs is 6. The molecule has 0 bridgehead atoms. The number of rotatable bonds is 11. The van der Waals surface area contributed by atoms with E-state index in [9.17, 15) is 0 Å². The average Bonchev–Trinajstić information content (AvgIpc) is 3.57. The van der Waals surface area contributed by atoms with Crippen molar-refractivity contribution in [2.45, 2.75) is 104 Å². The van der Waals surface area contributed by atoms with Crippen LogP contribution in [0.2, 0.25) is 0 Å². The van der Waals surface area contributed by atoms with E-state index in [4.69, 9.17) is 4.42 Å². The van der Waals surface area contributed by atoms with Gasteiger partial charge in [-0.3, -0.25) is 0 Å². The molecule has 4 aromatic carbocycles. The van der Waals surface area contributed by atoms with E-state index in [1.807, 2.05) is 0 Å². The van der Waals surface area contributed by atoms with Crippen LogP contribution in [0.4, 0.5) is 0 Å². The fourth-order valence-electron chi connectivity index (χ4n) is 9.61. The van der Waals surface area contributed by atoms with Crippen molar-refractivity contribution >= 4 is 21.9 Å². The minimum atomic E-state index is -0.00233. The highest BCUT2D eigenvalue weighted by Crippen LogP contribution is 2.50. The van der Waals surface area contributed by atoms with E-state index >= 15 is 0 Å². The van der Waals surface area contributed by atoms with Crippen LogP contribution in [0.3, 0.4) is 0 Å². The van der Waals surface area contributed by atoms with Crippen LogP contribution in [0.1, 0.15) is 100 Å². The Labute approximate surface area is 316 Å². The molecule has 3 nitrogen and oxygen atoms in total. The normalized spacial score (nSPS) is 15.4. The van der Waals surface area contributed by atoms with E-state index in [2.05, 4.69) is 172 Å². The fourth-order valence-corrected chi connectivity index (χ4v) is 9.61.